The van der Waals surface area contributed by atoms with Crippen molar-refractivity contribution in [2.24, 2.45) is 5.92 Å². The van der Waals surface area contributed by atoms with E-state index in [0.717, 1.165) is 31.5 Å². The highest BCUT2D eigenvalue weighted by molar-refractivity contribution is 9.10. The SMILES string of the molecule is CCCNC1CCCC(Cc2cc(Br)cc3c2OCC3)C1. The highest BCUT2D eigenvalue weighted by Gasteiger charge is 2.24. The molecule has 1 aliphatic carbocycles. The first-order valence-electron chi connectivity index (χ1n) is 8.43. The second-order valence-corrected chi connectivity index (χ2v) is 7.46. The quantitative estimate of drug-likeness (QED) is 0.843. The lowest BCUT2D eigenvalue weighted by Gasteiger charge is -2.30. The Morgan fingerprint density at radius 2 is 2.24 bits per heavy atom. The normalized spacial score (nSPS) is 24.7. The van der Waals surface area contributed by atoms with Gasteiger partial charge in [0, 0.05) is 16.9 Å². The molecule has 1 aromatic rings. The third-order valence-electron chi connectivity index (χ3n) is 4.80. The molecule has 2 nitrogen and oxygen atoms in total. The second-order valence-electron chi connectivity index (χ2n) is 6.54. The maximum atomic E-state index is 5.88. The molecule has 0 amide bonds. The predicted octanol–water partition coefficient (Wildman–Crippen LogP) is 4.48. The lowest BCUT2D eigenvalue weighted by molar-refractivity contribution is 0.281. The van der Waals surface area contributed by atoms with E-state index in [4.69, 9.17) is 4.74 Å². The van der Waals surface area contributed by atoms with Crippen molar-refractivity contribution >= 4 is 15.9 Å². The Labute approximate surface area is 136 Å². The zero-order valence-corrected chi connectivity index (χ0v) is 14.5. The van der Waals surface area contributed by atoms with E-state index in [0.29, 0.717) is 0 Å². The van der Waals surface area contributed by atoms with Gasteiger partial charge in [0.1, 0.15) is 5.75 Å². The molecule has 1 heterocycles. The molecule has 2 unspecified atom stereocenters. The van der Waals surface area contributed by atoms with Crippen molar-refractivity contribution in [2.75, 3.05) is 13.2 Å². The van der Waals surface area contributed by atoms with Gasteiger partial charge in [-0.1, -0.05) is 35.7 Å². The molecule has 0 aromatic heterocycles. The Morgan fingerprint density at radius 1 is 1.33 bits per heavy atom. The molecule has 0 spiro atoms. The summed E-state index contributed by atoms with van der Waals surface area (Å²) in [6, 6.07) is 5.22. The van der Waals surface area contributed by atoms with Crippen LogP contribution in [0.1, 0.15) is 50.2 Å². The maximum absolute atomic E-state index is 5.88. The number of ether oxygens (including phenoxy) is 1. The standard InChI is InChI=1S/C18H26BrNO/c1-2-7-20-17-5-3-4-13(10-17)9-15-12-16(19)11-14-6-8-21-18(14)15/h11-13,17,20H,2-10H2,1H3. The molecule has 2 aliphatic rings. The van der Waals surface area contributed by atoms with Gasteiger partial charge < -0.3 is 10.1 Å². The fourth-order valence-electron chi connectivity index (χ4n) is 3.82. The Hall–Kier alpha value is -0.540. The number of nitrogens with one attached hydrogen (secondary N) is 1. The van der Waals surface area contributed by atoms with Gasteiger partial charge in [-0.25, -0.2) is 0 Å². The van der Waals surface area contributed by atoms with Crippen molar-refractivity contribution in [1.82, 2.24) is 5.32 Å². The lowest BCUT2D eigenvalue weighted by Crippen LogP contribution is -2.35. The zero-order valence-electron chi connectivity index (χ0n) is 13.0. The molecule has 1 fully saturated rings. The zero-order chi connectivity index (χ0) is 14.7. The Balaban J connectivity index is 1.66. The van der Waals surface area contributed by atoms with E-state index in [1.54, 1.807) is 0 Å². The summed E-state index contributed by atoms with van der Waals surface area (Å²) in [5.41, 5.74) is 2.80. The lowest BCUT2D eigenvalue weighted by atomic mass is 9.81. The van der Waals surface area contributed by atoms with E-state index in [1.165, 1.54) is 59.9 Å². The molecule has 1 N–H and O–H groups in total. The third kappa shape index (κ3) is 3.81. The van der Waals surface area contributed by atoms with Crippen molar-refractivity contribution in [1.29, 1.82) is 0 Å². The topological polar surface area (TPSA) is 21.3 Å². The summed E-state index contributed by atoms with van der Waals surface area (Å²) in [7, 11) is 0. The minimum absolute atomic E-state index is 0.727. The van der Waals surface area contributed by atoms with Gasteiger partial charge in [-0.2, -0.15) is 0 Å². The summed E-state index contributed by atoms with van der Waals surface area (Å²) in [5.74, 6) is 1.98. The van der Waals surface area contributed by atoms with Crippen molar-refractivity contribution in [3.8, 4) is 5.75 Å². The number of benzene rings is 1. The van der Waals surface area contributed by atoms with Gasteiger partial charge in [0.25, 0.3) is 0 Å². The van der Waals surface area contributed by atoms with Crippen molar-refractivity contribution in [2.45, 2.75) is 57.9 Å². The fourth-order valence-corrected chi connectivity index (χ4v) is 4.37. The van der Waals surface area contributed by atoms with E-state index in [1.807, 2.05) is 0 Å². The summed E-state index contributed by atoms with van der Waals surface area (Å²) in [6.07, 6.45) is 8.87. The molecule has 0 saturated heterocycles. The van der Waals surface area contributed by atoms with Gasteiger partial charge in [0.2, 0.25) is 0 Å². The fraction of sp³-hybridized carbons (Fsp3) is 0.667. The average molecular weight is 352 g/mol. The molecule has 0 bridgehead atoms. The number of rotatable bonds is 5. The molecule has 1 saturated carbocycles. The van der Waals surface area contributed by atoms with E-state index >= 15 is 0 Å². The number of hydrogen-bond acceptors (Lipinski definition) is 2. The van der Waals surface area contributed by atoms with Gasteiger partial charge in [-0.05, 0) is 61.4 Å². The van der Waals surface area contributed by atoms with Crippen LogP contribution in [0.3, 0.4) is 0 Å². The van der Waals surface area contributed by atoms with Gasteiger partial charge >= 0.3 is 0 Å². The van der Waals surface area contributed by atoms with Crippen LogP contribution in [-0.4, -0.2) is 19.2 Å². The molecule has 2 atom stereocenters. The first-order valence-corrected chi connectivity index (χ1v) is 9.23. The predicted molar refractivity (Wildman–Crippen MR) is 91.1 cm³/mol. The molecule has 1 aromatic carbocycles. The summed E-state index contributed by atoms with van der Waals surface area (Å²) < 4.78 is 7.09. The van der Waals surface area contributed by atoms with E-state index < -0.39 is 0 Å². The number of fused-ring (bicyclic) bond motifs is 1. The van der Waals surface area contributed by atoms with Crippen LogP contribution >= 0.6 is 15.9 Å². The molecule has 21 heavy (non-hydrogen) atoms. The minimum atomic E-state index is 0.727. The van der Waals surface area contributed by atoms with Crippen LogP contribution in [-0.2, 0) is 12.8 Å². The van der Waals surface area contributed by atoms with Gasteiger partial charge in [-0.15, -0.1) is 0 Å². The second kappa shape index (κ2) is 7.15. The van der Waals surface area contributed by atoms with E-state index in [-0.39, 0.29) is 0 Å². The number of halogens is 1. The third-order valence-corrected chi connectivity index (χ3v) is 5.26. The minimum Gasteiger partial charge on any atom is -0.493 e. The van der Waals surface area contributed by atoms with Crippen LogP contribution in [0.2, 0.25) is 0 Å². The average Bonchev–Trinajstić information content (AvgIpc) is 2.94. The molecule has 0 radical (unpaired) electrons. The summed E-state index contributed by atoms with van der Waals surface area (Å²) in [5, 5.41) is 3.71. The summed E-state index contributed by atoms with van der Waals surface area (Å²) >= 11 is 3.66. The Morgan fingerprint density at radius 3 is 3.10 bits per heavy atom. The number of hydrogen-bond donors (Lipinski definition) is 1. The van der Waals surface area contributed by atoms with E-state index in [2.05, 4.69) is 40.3 Å². The van der Waals surface area contributed by atoms with Crippen molar-refractivity contribution in [3.63, 3.8) is 0 Å². The van der Waals surface area contributed by atoms with Crippen molar-refractivity contribution < 1.29 is 4.74 Å². The summed E-state index contributed by atoms with van der Waals surface area (Å²) in [6.45, 7) is 4.26. The highest BCUT2D eigenvalue weighted by atomic mass is 79.9. The Kier molecular flexibility index (Phi) is 5.23. The molecular formula is C18H26BrNO. The molecule has 116 valence electrons. The highest BCUT2D eigenvalue weighted by Crippen LogP contribution is 2.36. The van der Waals surface area contributed by atoms with Crippen LogP contribution in [0.5, 0.6) is 5.75 Å². The smallest absolute Gasteiger partial charge is 0.125 e. The Bertz CT molecular complexity index is 488. The molecule has 1 aliphatic heterocycles. The first kappa shape index (κ1) is 15.4. The largest absolute Gasteiger partial charge is 0.493 e. The monoisotopic (exact) mass is 351 g/mol. The van der Waals surface area contributed by atoms with Crippen LogP contribution in [0.15, 0.2) is 16.6 Å². The molecule has 3 heteroatoms. The van der Waals surface area contributed by atoms with Gasteiger partial charge in [-0.3, -0.25) is 0 Å². The summed E-state index contributed by atoms with van der Waals surface area (Å²) in [4.78, 5) is 0. The van der Waals surface area contributed by atoms with Crippen LogP contribution in [0.4, 0.5) is 0 Å². The van der Waals surface area contributed by atoms with E-state index in [9.17, 15) is 0 Å². The van der Waals surface area contributed by atoms with Crippen LogP contribution in [0.25, 0.3) is 0 Å². The van der Waals surface area contributed by atoms with Crippen LogP contribution in [0, 0.1) is 5.92 Å². The molecular weight excluding hydrogens is 326 g/mol. The van der Waals surface area contributed by atoms with Crippen molar-refractivity contribution in [3.05, 3.63) is 27.7 Å². The molecule has 3 rings (SSSR count). The van der Waals surface area contributed by atoms with Crippen LogP contribution < -0.4 is 10.1 Å². The van der Waals surface area contributed by atoms with Gasteiger partial charge in [0.05, 0.1) is 6.61 Å². The first-order chi connectivity index (χ1) is 10.3. The maximum Gasteiger partial charge on any atom is 0.125 e. The van der Waals surface area contributed by atoms with Gasteiger partial charge in [0.15, 0.2) is 0 Å².